The van der Waals surface area contributed by atoms with Crippen molar-refractivity contribution in [2.75, 3.05) is 63.1 Å². The van der Waals surface area contributed by atoms with Gasteiger partial charge in [0, 0.05) is 63.2 Å². The Labute approximate surface area is 199 Å². The molecule has 1 aliphatic heterocycles. The first-order valence-corrected chi connectivity index (χ1v) is 12.6. The molecule has 0 aliphatic carbocycles. The number of rotatable bonds is 8. The number of fused-ring (bicyclic) bond motifs is 1. The molecule has 1 saturated heterocycles. The summed E-state index contributed by atoms with van der Waals surface area (Å²) in [6.45, 7) is 4.31. The second kappa shape index (κ2) is 10.4. The highest BCUT2D eigenvalue weighted by molar-refractivity contribution is 7.93. The largest absolute Gasteiger partial charge is 0.379 e. The molecular formula is C24H29N5O4S. The van der Waals surface area contributed by atoms with Gasteiger partial charge < -0.3 is 15.0 Å². The molecule has 0 radical (unpaired) electrons. The fourth-order valence-corrected chi connectivity index (χ4v) is 5.15. The van der Waals surface area contributed by atoms with Crippen molar-refractivity contribution in [3.05, 3.63) is 60.3 Å². The van der Waals surface area contributed by atoms with Crippen molar-refractivity contribution in [2.45, 2.75) is 4.90 Å². The number of sulfonamides is 1. The van der Waals surface area contributed by atoms with Crippen molar-refractivity contribution in [3.63, 3.8) is 0 Å². The summed E-state index contributed by atoms with van der Waals surface area (Å²) < 4.78 is 34.3. The van der Waals surface area contributed by atoms with Gasteiger partial charge in [0.25, 0.3) is 15.9 Å². The summed E-state index contributed by atoms with van der Waals surface area (Å²) in [5.41, 5.74) is 1.78. The van der Waals surface area contributed by atoms with E-state index in [0.29, 0.717) is 42.2 Å². The standard InChI is InChI=1S/C24H29N5O4S/c1-28(2)21-9-8-19(17-20(21)24(30)26-11-12-29-13-15-33-16-14-29)27-34(31,32)22-7-3-5-18-6-4-10-25-23(18)22/h3-10,17,27H,11-16H2,1-2H3,(H,26,30). The van der Waals surface area contributed by atoms with Crippen molar-refractivity contribution < 1.29 is 17.9 Å². The van der Waals surface area contributed by atoms with Gasteiger partial charge in [0.1, 0.15) is 4.90 Å². The third kappa shape index (κ3) is 5.46. The molecule has 34 heavy (non-hydrogen) atoms. The van der Waals surface area contributed by atoms with Crippen LogP contribution >= 0.6 is 0 Å². The Bertz CT molecular complexity index is 1270. The molecular weight excluding hydrogens is 454 g/mol. The van der Waals surface area contributed by atoms with E-state index in [1.165, 1.54) is 6.07 Å². The molecule has 2 aromatic carbocycles. The van der Waals surface area contributed by atoms with E-state index in [2.05, 4.69) is 19.9 Å². The van der Waals surface area contributed by atoms with Crippen LogP contribution in [0.2, 0.25) is 0 Å². The third-order valence-corrected chi connectivity index (χ3v) is 7.09. The smallest absolute Gasteiger partial charge is 0.264 e. The normalized spacial score (nSPS) is 14.6. The van der Waals surface area contributed by atoms with Gasteiger partial charge in [0.15, 0.2) is 0 Å². The topological polar surface area (TPSA) is 104 Å². The highest BCUT2D eigenvalue weighted by Gasteiger charge is 2.21. The molecule has 9 nitrogen and oxygen atoms in total. The number of hydrogen-bond acceptors (Lipinski definition) is 7. The van der Waals surface area contributed by atoms with Crippen LogP contribution in [-0.4, -0.2) is 77.7 Å². The Morgan fingerprint density at radius 2 is 1.88 bits per heavy atom. The molecule has 0 atom stereocenters. The summed E-state index contributed by atoms with van der Waals surface area (Å²) in [7, 11) is -0.246. The number of anilines is 2. The van der Waals surface area contributed by atoms with Gasteiger partial charge in [-0.2, -0.15) is 0 Å². The minimum absolute atomic E-state index is 0.0822. The second-order valence-electron chi connectivity index (χ2n) is 8.27. The van der Waals surface area contributed by atoms with Crippen LogP contribution in [0.25, 0.3) is 10.9 Å². The molecule has 3 aromatic rings. The first-order valence-electron chi connectivity index (χ1n) is 11.1. The van der Waals surface area contributed by atoms with Crippen LogP contribution in [0.4, 0.5) is 11.4 Å². The van der Waals surface area contributed by atoms with Crippen LogP contribution in [-0.2, 0) is 14.8 Å². The van der Waals surface area contributed by atoms with Crippen LogP contribution in [0.1, 0.15) is 10.4 Å². The van der Waals surface area contributed by atoms with Gasteiger partial charge in [-0.25, -0.2) is 8.42 Å². The summed E-state index contributed by atoms with van der Waals surface area (Å²) >= 11 is 0. The Balaban J connectivity index is 1.54. The molecule has 0 bridgehead atoms. The molecule has 0 spiro atoms. The number of ether oxygens (including phenoxy) is 1. The van der Waals surface area contributed by atoms with Gasteiger partial charge in [0.2, 0.25) is 0 Å². The monoisotopic (exact) mass is 483 g/mol. The minimum atomic E-state index is -3.92. The van der Waals surface area contributed by atoms with E-state index in [1.54, 1.807) is 36.5 Å². The lowest BCUT2D eigenvalue weighted by molar-refractivity contribution is 0.0383. The predicted octanol–water partition coefficient (Wildman–Crippen LogP) is 2.16. The number of para-hydroxylation sites is 1. The van der Waals surface area contributed by atoms with Gasteiger partial charge in [-0.3, -0.25) is 19.4 Å². The number of hydrogen-bond donors (Lipinski definition) is 2. The number of nitrogens with one attached hydrogen (secondary N) is 2. The SMILES string of the molecule is CN(C)c1ccc(NS(=O)(=O)c2cccc3cccnc23)cc1C(=O)NCCN1CCOCC1. The zero-order chi connectivity index (χ0) is 24.1. The Morgan fingerprint density at radius 3 is 2.65 bits per heavy atom. The van der Waals surface area contributed by atoms with Gasteiger partial charge >= 0.3 is 0 Å². The third-order valence-electron chi connectivity index (χ3n) is 5.68. The predicted molar refractivity (Wildman–Crippen MR) is 133 cm³/mol. The van der Waals surface area contributed by atoms with Gasteiger partial charge in [0.05, 0.1) is 24.3 Å². The fraction of sp³-hybridized carbons (Fsp3) is 0.333. The van der Waals surface area contributed by atoms with E-state index >= 15 is 0 Å². The molecule has 0 unspecified atom stereocenters. The molecule has 10 heteroatoms. The minimum Gasteiger partial charge on any atom is -0.379 e. The van der Waals surface area contributed by atoms with E-state index in [0.717, 1.165) is 25.0 Å². The molecule has 1 aromatic heterocycles. The first-order chi connectivity index (χ1) is 16.3. The molecule has 1 aliphatic rings. The van der Waals surface area contributed by atoms with Crippen LogP contribution in [0.5, 0.6) is 0 Å². The molecule has 180 valence electrons. The number of carbonyl (C=O) groups excluding carboxylic acids is 1. The summed E-state index contributed by atoms with van der Waals surface area (Å²) in [5.74, 6) is -0.259. The van der Waals surface area contributed by atoms with E-state index in [-0.39, 0.29) is 10.8 Å². The lowest BCUT2D eigenvalue weighted by Gasteiger charge is -2.26. The zero-order valence-electron chi connectivity index (χ0n) is 19.3. The number of pyridine rings is 1. The van der Waals surface area contributed by atoms with Crippen LogP contribution in [0, 0.1) is 0 Å². The number of morpholine rings is 1. The first kappa shape index (κ1) is 23.9. The van der Waals surface area contributed by atoms with Crippen molar-refractivity contribution >= 4 is 38.2 Å². The van der Waals surface area contributed by atoms with Crippen molar-refractivity contribution in [1.29, 1.82) is 0 Å². The van der Waals surface area contributed by atoms with Crippen LogP contribution in [0.15, 0.2) is 59.6 Å². The number of benzene rings is 2. The summed E-state index contributed by atoms with van der Waals surface area (Å²) in [4.78, 5) is 21.4. The number of nitrogens with zero attached hydrogens (tertiary/aromatic N) is 3. The average molecular weight is 484 g/mol. The molecule has 1 amide bonds. The maximum absolute atomic E-state index is 13.2. The molecule has 2 heterocycles. The number of carbonyl (C=O) groups is 1. The maximum Gasteiger partial charge on any atom is 0.264 e. The Morgan fingerprint density at radius 1 is 1.12 bits per heavy atom. The molecule has 1 fully saturated rings. The molecule has 2 N–H and O–H groups in total. The van der Waals surface area contributed by atoms with Gasteiger partial charge in [-0.05, 0) is 30.3 Å². The second-order valence-corrected chi connectivity index (χ2v) is 9.92. The fourth-order valence-electron chi connectivity index (χ4n) is 3.92. The average Bonchev–Trinajstić information content (AvgIpc) is 2.84. The Hall–Kier alpha value is -3.21. The lowest BCUT2D eigenvalue weighted by Crippen LogP contribution is -2.41. The number of aromatic nitrogens is 1. The van der Waals surface area contributed by atoms with Crippen LogP contribution < -0.4 is 14.9 Å². The summed E-state index contributed by atoms with van der Waals surface area (Å²) in [6, 6.07) is 13.5. The van der Waals surface area contributed by atoms with Gasteiger partial charge in [-0.1, -0.05) is 18.2 Å². The highest BCUT2D eigenvalue weighted by Crippen LogP contribution is 2.27. The van der Waals surface area contributed by atoms with Crippen molar-refractivity contribution in [2.24, 2.45) is 0 Å². The van der Waals surface area contributed by atoms with E-state index < -0.39 is 10.0 Å². The van der Waals surface area contributed by atoms with E-state index in [9.17, 15) is 13.2 Å². The van der Waals surface area contributed by atoms with Crippen LogP contribution in [0.3, 0.4) is 0 Å². The summed E-state index contributed by atoms with van der Waals surface area (Å²) in [6.07, 6.45) is 1.56. The maximum atomic E-state index is 13.2. The number of amides is 1. The molecule has 0 saturated carbocycles. The Kier molecular flexibility index (Phi) is 7.30. The summed E-state index contributed by atoms with van der Waals surface area (Å²) in [5, 5.41) is 3.68. The van der Waals surface area contributed by atoms with Gasteiger partial charge in [-0.15, -0.1) is 0 Å². The highest BCUT2D eigenvalue weighted by atomic mass is 32.2. The lowest BCUT2D eigenvalue weighted by atomic mass is 10.1. The van der Waals surface area contributed by atoms with E-state index in [4.69, 9.17) is 4.74 Å². The quantitative estimate of drug-likeness (QED) is 0.506. The zero-order valence-corrected chi connectivity index (χ0v) is 20.1. The van der Waals surface area contributed by atoms with E-state index in [1.807, 2.05) is 31.1 Å². The molecule has 4 rings (SSSR count). The van der Waals surface area contributed by atoms with Crippen molar-refractivity contribution in [3.8, 4) is 0 Å². The van der Waals surface area contributed by atoms with Crippen molar-refractivity contribution in [1.82, 2.24) is 15.2 Å².